The average Bonchev–Trinajstić information content (AvgIpc) is 2.66. The van der Waals surface area contributed by atoms with Gasteiger partial charge in [0.25, 0.3) is 0 Å². The number of hydrogen-bond acceptors (Lipinski definition) is 3. The summed E-state index contributed by atoms with van der Waals surface area (Å²) in [5.41, 5.74) is 0. The van der Waals surface area contributed by atoms with Crippen LogP contribution in [0, 0.1) is 5.92 Å². The highest BCUT2D eigenvalue weighted by Gasteiger charge is 2.24. The van der Waals surface area contributed by atoms with Crippen LogP contribution in [0.25, 0.3) is 0 Å². The van der Waals surface area contributed by atoms with Gasteiger partial charge < -0.3 is 14.7 Å². The van der Waals surface area contributed by atoms with Crippen molar-refractivity contribution in [2.24, 2.45) is 5.92 Å². The topological polar surface area (TPSA) is 32.7 Å². The first-order valence-electron chi connectivity index (χ1n) is 5.26. The normalized spacial score (nSPS) is 25.4. The van der Waals surface area contributed by atoms with E-state index in [9.17, 15) is 5.11 Å². The summed E-state index contributed by atoms with van der Waals surface area (Å²) in [6.07, 6.45) is 0.810. The van der Waals surface area contributed by atoms with E-state index in [1.807, 2.05) is 0 Å². The molecule has 0 aliphatic carbocycles. The summed E-state index contributed by atoms with van der Waals surface area (Å²) in [4.78, 5) is 2.25. The molecular formula is C10H21NO2. The highest BCUT2D eigenvalue weighted by Crippen LogP contribution is 2.17. The maximum atomic E-state index is 9.86. The molecule has 0 bridgehead atoms. The summed E-state index contributed by atoms with van der Waals surface area (Å²) >= 11 is 0. The number of rotatable bonds is 5. The van der Waals surface area contributed by atoms with Crippen molar-refractivity contribution >= 4 is 0 Å². The van der Waals surface area contributed by atoms with E-state index in [-0.39, 0.29) is 6.10 Å². The molecule has 3 nitrogen and oxygen atoms in total. The Kier molecular flexibility index (Phi) is 4.70. The first-order valence-corrected chi connectivity index (χ1v) is 5.26. The Labute approximate surface area is 80.7 Å². The Morgan fingerprint density at radius 3 is 2.62 bits per heavy atom. The van der Waals surface area contributed by atoms with Gasteiger partial charge >= 0.3 is 0 Å². The summed E-state index contributed by atoms with van der Waals surface area (Å²) in [7, 11) is 0. The monoisotopic (exact) mass is 187 g/mol. The molecule has 13 heavy (non-hydrogen) atoms. The molecule has 1 aliphatic rings. The summed E-state index contributed by atoms with van der Waals surface area (Å²) in [5.74, 6) is 0.362. The van der Waals surface area contributed by atoms with Crippen LogP contribution in [0.5, 0.6) is 0 Å². The van der Waals surface area contributed by atoms with Gasteiger partial charge in [-0.15, -0.1) is 0 Å². The van der Waals surface area contributed by atoms with E-state index in [1.165, 1.54) is 0 Å². The standard InChI is InChI=1S/C10H21NO2/c1-3-11(4-2)7-10(12)9-5-6-13-8-9/h9-10,12H,3-8H2,1-2H3. The highest BCUT2D eigenvalue weighted by atomic mass is 16.5. The average molecular weight is 187 g/mol. The van der Waals surface area contributed by atoms with Crippen LogP contribution in [0.4, 0.5) is 0 Å². The van der Waals surface area contributed by atoms with Crippen LogP contribution in [0.1, 0.15) is 20.3 Å². The molecule has 0 radical (unpaired) electrons. The van der Waals surface area contributed by atoms with Crippen molar-refractivity contribution in [1.29, 1.82) is 0 Å². The van der Waals surface area contributed by atoms with Crippen LogP contribution < -0.4 is 0 Å². The molecule has 1 N–H and O–H groups in total. The second-order valence-electron chi connectivity index (χ2n) is 3.68. The molecule has 1 aliphatic heterocycles. The minimum Gasteiger partial charge on any atom is -0.391 e. The van der Waals surface area contributed by atoms with E-state index < -0.39 is 0 Å². The van der Waals surface area contributed by atoms with Crippen molar-refractivity contribution in [1.82, 2.24) is 4.90 Å². The van der Waals surface area contributed by atoms with Crippen LogP contribution in [0.15, 0.2) is 0 Å². The first-order chi connectivity index (χ1) is 6.27. The van der Waals surface area contributed by atoms with Crippen molar-refractivity contribution in [3.63, 3.8) is 0 Å². The van der Waals surface area contributed by atoms with E-state index in [2.05, 4.69) is 18.7 Å². The molecule has 0 aromatic carbocycles. The minimum absolute atomic E-state index is 0.206. The Morgan fingerprint density at radius 2 is 2.15 bits per heavy atom. The summed E-state index contributed by atoms with van der Waals surface area (Å²) in [5, 5.41) is 9.86. The number of aliphatic hydroxyl groups is 1. The van der Waals surface area contributed by atoms with E-state index in [0.29, 0.717) is 5.92 Å². The van der Waals surface area contributed by atoms with Crippen LogP contribution in [-0.4, -0.2) is 49.0 Å². The van der Waals surface area contributed by atoms with E-state index >= 15 is 0 Å². The molecule has 2 unspecified atom stereocenters. The summed E-state index contributed by atoms with van der Waals surface area (Å²) in [6.45, 7) is 8.63. The van der Waals surface area contributed by atoms with Crippen molar-refractivity contribution in [2.75, 3.05) is 32.8 Å². The first kappa shape index (κ1) is 11.0. The highest BCUT2D eigenvalue weighted by molar-refractivity contribution is 4.75. The lowest BCUT2D eigenvalue weighted by atomic mass is 10.0. The molecule has 1 saturated heterocycles. The Morgan fingerprint density at radius 1 is 1.46 bits per heavy atom. The second-order valence-corrected chi connectivity index (χ2v) is 3.68. The fourth-order valence-corrected chi connectivity index (χ4v) is 1.75. The van der Waals surface area contributed by atoms with Crippen molar-refractivity contribution in [3.8, 4) is 0 Å². The fraction of sp³-hybridized carbons (Fsp3) is 1.00. The molecule has 78 valence electrons. The molecule has 0 aromatic heterocycles. The van der Waals surface area contributed by atoms with E-state index in [0.717, 1.165) is 39.3 Å². The minimum atomic E-state index is -0.206. The smallest absolute Gasteiger partial charge is 0.0718 e. The van der Waals surface area contributed by atoms with Gasteiger partial charge in [-0.25, -0.2) is 0 Å². The van der Waals surface area contributed by atoms with Gasteiger partial charge in [-0.05, 0) is 19.5 Å². The molecule has 3 heteroatoms. The van der Waals surface area contributed by atoms with Crippen LogP contribution in [-0.2, 0) is 4.74 Å². The number of ether oxygens (including phenoxy) is 1. The van der Waals surface area contributed by atoms with E-state index in [4.69, 9.17) is 4.74 Å². The van der Waals surface area contributed by atoms with Gasteiger partial charge in [0.2, 0.25) is 0 Å². The molecule has 2 atom stereocenters. The van der Waals surface area contributed by atoms with Crippen LogP contribution >= 0.6 is 0 Å². The third-order valence-electron chi connectivity index (χ3n) is 2.85. The maximum absolute atomic E-state index is 9.86. The Bertz CT molecular complexity index is 131. The predicted molar refractivity (Wildman–Crippen MR) is 52.7 cm³/mol. The lowest BCUT2D eigenvalue weighted by molar-refractivity contribution is 0.0589. The Balaban J connectivity index is 2.25. The molecule has 0 saturated carbocycles. The molecule has 1 fully saturated rings. The fourth-order valence-electron chi connectivity index (χ4n) is 1.75. The van der Waals surface area contributed by atoms with Crippen molar-refractivity contribution in [2.45, 2.75) is 26.4 Å². The third kappa shape index (κ3) is 3.25. The maximum Gasteiger partial charge on any atom is 0.0718 e. The van der Waals surface area contributed by atoms with Crippen LogP contribution in [0.2, 0.25) is 0 Å². The zero-order chi connectivity index (χ0) is 9.68. The quantitative estimate of drug-likeness (QED) is 0.688. The molecule has 0 spiro atoms. The number of likely N-dealkylation sites (N-methyl/N-ethyl adjacent to an activating group) is 1. The largest absolute Gasteiger partial charge is 0.391 e. The predicted octanol–water partition coefficient (Wildman–Crippen LogP) is 0.726. The third-order valence-corrected chi connectivity index (χ3v) is 2.85. The van der Waals surface area contributed by atoms with Gasteiger partial charge in [-0.2, -0.15) is 0 Å². The molecule has 0 amide bonds. The van der Waals surface area contributed by atoms with Crippen molar-refractivity contribution in [3.05, 3.63) is 0 Å². The number of nitrogens with zero attached hydrogens (tertiary/aromatic N) is 1. The van der Waals surface area contributed by atoms with Gasteiger partial charge in [-0.1, -0.05) is 13.8 Å². The number of aliphatic hydroxyl groups excluding tert-OH is 1. The zero-order valence-electron chi connectivity index (χ0n) is 8.70. The zero-order valence-corrected chi connectivity index (χ0v) is 8.70. The lowest BCUT2D eigenvalue weighted by Crippen LogP contribution is -2.36. The van der Waals surface area contributed by atoms with Gasteiger partial charge in [0.1, 0.15) is 0 Å². The van der Waals surface area contributed by atoms with Gasteiger partial charge in [0.05, 0.1) is 12.7 Å². The second kappa shape index (κ2) is 5.58. The van der Waals surface area contributed by atoms with Gasteiger partial charge in [0.15, 0.2) is 0 Å². The Hall–Kier alpha value is -0.120. The van der Waals surface area contributed by atoms with Gasteiger partial charge in [0, 0.05) is 19.1 Å². The SMILES string of the molecule is CCN(CC)CC(O)C1CCOC1. The van der Waals surface area contributed by atoms with Crippen molar-refractivity contribution < 1.29 is 9.84 Å². The summed E-state index contributed by atoms with van der Waals surface area (Å²) in [6, 6.07) is 0. The molecule has 0 aromatic rings. The molecule has 1 heterocycles. The summed E-state index contributed by atoms with van der Waals surface area (Å²) < 4.78 is 5.25. The van der Waals surface area contributed by atoms with Crippen LogP contribution in [0.3, 0.4) is 0 Å². The lowest BCUT2D eigenvalue weighted by Gasteiger charge is -2.24. The molecular weight excluding hydrogens is 166 g/mol. The molecule has 1 rings (SSSR count). The number of hydrogen-bond donors (Lipinski definition) is 1. The van der Waals surface area contributed by atoms with E-state index in [1.54, 1.807) is 0 Å². The van der Waals surface area contributed by atoms with Gasteiger partial charge in [-0.3, -0.25) is 0 Å².